The number of amides is 1. The van der Waals surface area contributed by atoms with E-state index in [0.717, 1.165) is 5.01 Å². The number of carbonyl (C=O) groups excluding carboxylic acids is 1. The van der Waals surface area contributed by atoms with Crippen molar-refractivity contribution in [1.82, 2.24) is 10.3 Å². The van der Waals surface area contributed by atoms with Gasteiger partial charge in [0.2, 0.25) is 0 Å². The number of rotatable bonds is 7. The molecule has 8 heteroatoms. The number of ether oxygens (including phenoxy) is 2. The van der Waals surface area contributed by atoms with Gasteiger partial charge >= 0.3 is 6.09 Å². The minimum Gasteiger partial charge on any atom is -0.482 e. The first kappa shape index (κ1) is 21.0. The number of hydrogen-bond acceptors (Lipinski definition) is 6. The Hall–Kier alpha value is -2.30. The maximum atomic E-state index is 11.7. The van der Waals surface area contributed by atoms with Gasteiger partial charge in [0.1, 0.15) is 22.4 Å². The number of nitrogens with zero attached hydrogens (tertiary/aromatic N) is 2. The lowest BCUT2D eigenvalue weighted by Crippen LogP contribution is -2.33. The van der Waals surface area contributed by atoms with Crippen LogP contribution in [-0.2, 0) is 4.74 Å². The zero-order chi connectivity index (χ0) is 19.9. The van der Waals surface area contributed by atoms with Gasteiger partial charge in [-0.2, -0.15) is 5.26 Å². The molecule has 144 valence electrons. The Morgan fingerprint density at radius 2 is 2.22 bits per heavy atom. The molecule has 1 unspecified atom stereocenters. The fourth-order valence-electron chi connectivity index (χ4n) is 2.26. The smallest absolute Gasteiger partial charge is 0.407 e. The van der Waals surface area contributed by atoms with E-state index in [-0.39, 0.29) is 6.10 Å². The summed E-state index contributed by atoms with van der Waals surface area (Å²) in [6.07, 6.45) is 2.19. The second-order valence-electron chi connectivity index (χ2n) is 6.80. The molecule has 1 heterocycles. The fourth-order valence-corrected chi connectivity index (χ4v) is 3.12. The van der Waals surface area contributed by atoms with E-state index in [1.165, 1.54) is 11.3 Å². The first-order valence-electron chi connectivity index (χ1n) is 8.51. The summed E-state index contributed by atoms with van der Waals surface area (Å²) in [4.78, 5) is 16.0. The molecule has 0 spiro atoms. The SMILES string of the molecule is CC(C)(C)OC(=O)NCCCC(Oc1cc(Cl)ccc1C#N)c1nccs1. The van der Waals surface area contributed by atoms with Crippen molar-refractivity contribution in [3.63, 3.8) is 0 Å². The molecule has 27 heavy (non-hydrogen) atoms. The third-order valence-corrected chi connectivity index (χ3v) is 4.47. The third-order valence-electron chi connectivity index (χ3n) is 3.37. The Kier molecular flexibility index (Phi) is 7.45. The largest absolute Gasteiger partial charge is 0.482 e. The topological polar surface area (TPSA) is 84.2 Å². The van der Waals surface area contributed by atoms with Crippen molar-refractivity contribution in [2.75, 3.05) is 6.54 Å². The van der Waals surface area contributed by atoms with Crippen LogP contribution in [0.1, 0.15) is 50.3 Å². The molecule has 0 fully saturated rings. The van der Waals surface area contributed by atoms with E-state index in [1.54, 1.807) is 24.4 Å². The van der Waals surface area contributed by atoms with Crippen LogP contribution in [0.15, 0.2) is 29.8 Å². The highest BCUT2D eigenvalue weighted by Gasteiger charge is 2.19. The molecule has 0 aliphatic carbocycles. The first-order valence-corrected chi connectivity index (χ1v) is 9.77. The van der Waals surface area contributed by atoms with Gasteiger partial charge in [0.25, 0.3) is 0 Å². The molecular formula is C19H22ClN3O3S. The minimum absolute atomic E-state index is 0.337. The predicted molar refractivity (Wildman–Crippen MR) is 105 cm³/mol. The Balaban J connectivity index is 1.98. The van der Waals surface area contributed by atoms with Crippen LogP contribution in [0.4, 0.5) is 4.79 Å². The Morgan fingerprint density at radius 1 is 1.44 bits per heavy atom. The number of hydrogen-bond donors (Lipinski definition) is 1. The molecular weight excluding hydrogens is 386 g/mol. The molecule has 0 bridgehead atoms. The van der Waals surface area contributed by atoms with E-state index < -0.39 is 11.7 Å². The van der Waals surface area contributed by atoms with Gasteiger partial charge in [-0.3, -0.25) is 0 Å². The van der Waals surface area contributed by atoms with Crippen molar-refractivity contribution in [3.05, 3.63) is 45.4 Å². The second-order valence-corrected chi connectivity index (χ2v) is 8.16. The van der Waals surface area contributed by atoms with Crippen LogP contribution >= 0.6 is 22.9 Å². The summed E-state index contributed by atoms with van der Waals surface area (Å²) >= 11 is 7.51. The summed E-state index contributed by atoms with van der Waals surface area (Å²) in [5.41, 5.74) is -0.121. The number of aromatic nitrogens is 1. The molecule has 1 aromatic heterocycles. The van der Waals surface area contributed by atoms with Crippen LogP contribution in [-0.4, -0.2) is 23.2 Å². The molecule has 6 nitrogen and oxygen atoms in total. The fraction of sp³-hybridized carbons (Fsp3) is 0.421. The van der Waals surface area contributed by atoms with Crippen LogP contribution in [0, 0.1) is 11.3 Å². The molecule has 0 saturated heterocycles. The average molecular weight is 408 g/mol. The van der Waals surface area contributed by atoms with Crippen LogP contribution in [0.2, 0.25) is 5.02 Å². The van der Waals surface area contributed by atoms with Crippen LogP contribution in [0.25, 0.3) is 0 Å². The highest BCUT2D eigenvalue weighted by atomic mass is 35.5. The summed E-state index contributed by atoms with van der Waals surface area (Å²) in [7, 11) is 0. The van der Waals surface area contributed by atoms with Crippen LogP contribution in [0.3, 0.4) is 0 Å². The zero-order valence-corrected chi connectivity index (χ0v) is 17.1. The van der Waals surface area contributed by atoms with Gasteiger partial charge in [-0.05, 0) is 45.7 Å². The molecule has 2 aromatic rings. The van der Waals surface area contributed by atoms with Gasteiger partial charge in [0.05, 0.1) is 5.56 Å². The van der Waals surface area contributed by atoms with Crippen molar-refractivity contribution in [2.45, 2.75) is 45.3 Å². The normalized spacial score (nSPS) is 12.1. The minimum atomic E-state index is -0.531. The van der Waals surface area contributed by atoms with Crippen LogP contribution < -0.4 is 10.1 Å². The highest BCUT2D eigenvalue weighted by molar-refractivity contribution is 7.09. The number of halogens is 1. The molecule has 1 amide bonds. The van der Waals surface area contributed by atoms with Gasteiger partial charge < -0.3 is 14.8 Å². The van der Waals surface area contributed by atoms with Gasteiger partial charge in [-0.25, -0.2) is 9.78 Å². The zero-order valence-electron chi connectivity index (χ0n) is 15.5. The summed E-state index contributed by atoms with van der Waals surface area (Å²) in [6.45, 7) is 5.89. The summed E-state index contributed by atoms with van der Waals surface area (Å²) in [6, 6.07) is 7.00. The molecule has 0 radical (unpaired) electrons. The van der Waals surface area contributed by atoms with E-state index in [1.807, 2.05) is 26.2 Å². The lowest BCUT2D eigenvalue weighted by Gasteiger charge is -2.20. The first-order chi connectivity index (χ1) is 12.8. The maximum absolute atomic E-state index is 11.7. The van der Waals surface area contributed by atoms with E-state index in [4.69, 9.17) is 21.1 Å². The molecule has 0 saturated carbocycles. The molecule has 0 aliphatic rings. The Morgan fingerprint density at radius 3 is 2.85 bits per heavy atom. The number of thiazole rings is 1. The molecule has 0 aliphatic heterocycles. The van der Waals surface area contributed by atoms with Gasteiger partial charge in [0, 0.05) is 29.2 Å². The average Bonchev–Trinajstić information content (AvgIpc) is 3.10. The Bertz CT molecular complexity index is 798. The summed E-state index contributed by atoms with van der Waals surface area (Å²) in [5.74, 6) is 0.422. The van der Waals surface area contributed by atoms with Crippen molar-refractivity contribution in [2.24, 2.45) is 0 Å². The third kappa shape index (κ3) is 7.08. The number of alkyl carbamates (subject to hydrolysis) is 1. The van der Waals surface area contributed by atoms with Crippen molar-refractivity contribution in [1.29, 1.82) is 5.26 Å². The monoisotopic (exact) mass is 407 g/mol. The van der Waals surface area contributed by atoms with Crippen LogP contribution in [0.5, 0.6) is 5.75 Å². The van der Waals surface area contributed by atoms with Gasteiger partial charge in [-0.1, -0.05) is 11.6 Å². The molecule has 1 N–H and O–H groups in total. The summed E-state index contributed by atoms with van der Waals surface area (Å²) < 4.78 is 11.3. The van der Waals surface area contributed by atoms with Gasteiger partial charge in [0.15, 0.2) is 6.10 Å². The van der Waals surface area contributed by atoms with E-state index in [2.05, 4.69) is 16.4 Å². The molecule has 2 rings (SSSR count). The van der Waals surface area contributed by atoms with E-state index in [9.17, 15) is 10.1 Å². The number of benzene rings is 1. The van der Waals surface area contributed by atoms with Crippen molar-refractivity contribution in [3.8, 4) is 11.8 Å². The lowest BCUT2D eigenvalue weighted by atomic mass is 10.1. The van der Waals surface area contributed by atoms with E-state index >= 15 is 0 Å². The lowest BCUT2D eigenvalue weighted by molar-refractivity contribution is 0.0524. The van der Waals surface area contributed by atoms with Gasteiger partial charge in [-0.15, -0.1) is 11.3 Å². The molecule has 1 aromatic carbocycles. The standard InChI is InChI=1S/C19H22ClN3O3S/c1-19(2,3)26-18(24)23-8-4-5-15(17-22-9-10-27-17)25-16-11-14(20)7-6-13(16)12-21/h6-7,9-11,15H,4-5,8H2,1-3H3,(H,23,24). The quantitative estimate of drug-likeness (QED) is 0.646. The van der Waals surface area contributed by atoms with E-state index in [0.29, 0.717) is 35.7 Å². The highest BCUT2D eigenvalue weighted by Crippen LogP contribution is 2.31. The maximum Gasteiger partial charge on any atom is 0.407 e. The van der Waals surface area contributed by atoms with Crippen molar-refractivity contribution >= 4 is 29.0 Å². The number of nitriles is 1. The summed E-state index contributed by atoms with van der Waals surface area (Å²) in [5, 5.41) is 15.2. The predicted octanol–water partition coefficient (Wildman–Crippen LogP) is 5.09. The Labute approximate surface area is 168 Å². The number of nitrogens with one attached hydrogen (secondary N) is 1. The van der Waals surface area contributed by atoms with Crippen molar-refractivity contribution < 1.29 is 14.3 Å². The molecule has 1 atom stereocenters. The number of carbonyl (C=O) groups is 1. The second kappa shape index (κ2) is 9.58.